The summed E-state index contributed by atoms with van der Waals surface area (Å²) in [6, 6.07) is 11.9. The molecule has 2 heterocycles. The summed E-state index contributed by atoms with van der Waals surface area (Å²) in [6.07, 6.45) is 2.42. The zero-order valence-electron chi connectivity index (χ0n) is 15.7. The number of rotatable bonds is 8. The predicted octanol–water partition coefficient (Wildman–Crippen LogP) is 1.23. The Hall–Kier alpha value is -2.67. The van der Waals surface area contributed by atoms with Crippen molar-refractivity contribution in [3.63, 3.8) is 0 Å². The molecular weight excluding hydrogens is 342 g/mol. The van der Waals surface area contributed by atoms with Gasteiger partial charge in [0.05, 0.1) is 17.8 Å². The third kappa shape index (κ3) is 5.40. The number of H-pyrrole nitrogens is 1. The molecule has 1 unspecified atom stereocenters. The quantitative estimate of drug-likeness (QED) is 0.732. The summed E-state index contributed by atoms with van der Waals surface area (Å²) >= 11 is 0. The number of nitrogens with one attached hydrogen (secondary N) is 2. The van der Waals surface area contributed by atoms with E-state index in [1.165, 1.54) is 11.6 Å². The summed E-state index contributed by atoms with van der Waals surface area (Å²) in [5, 5.41) is 9.27. The fourth-order valence-electron chi connectivity index (χ4n) is 3.42. The van der Waals surface area contributed by atoms with Crippen molar-refractivity contribution in [1.82, 2.24) is 20.4 Å². The third-order valence-electron chi connectivity index (χ3n) is 5.00. The molecule has 0 aliphatic carbocycles. The molecule has 0 radical (unpaired) electrons. The van der Waals surface area contributed by atoms with Gasteiger partial charge in [-0.15, -0.1) is 0 Å². The lowest BCUT2D eigenvalue weighted by Crippen LogP contribution is -2.38. The lowest BCUT2D eigenvalue weighted by atomic mass is 10.1. The van der Waals surface area contributed by atoms with E-state index >= 15 is 0 Å². The number of amides is 1. The molecule has 1 atom stereocenters. The summed E-state index contributed by atoms with van der Waals surface area (Å²) in [7, 11) is 0. The molecule has 0 bridgehead atoms. The van der Waals surface area contributed by atoms with Gasteiger partial charge in [-0.25, -0.2) is 5.10 Å². The number of benzene rings is 1. The second-order valence-electron chi connectivity index (χ2n) is 6.88. The molecule has 1 aromatic heterocycles. The van der Waals surface area contributed by atoms with E-state index in [1.54, 1.807) is 6.20 Å². The van der Waals surface area contributed by atoms with E-state index in [4.69, 9.17) is 0 Å². The van der Waals surface area contributed by atoms with Crippen molar-refractivity contribution >= 4 is 11.6 Å². The van der Waals surface area contributed by atoms with Gasteiger partial charge in [0.2, 0.25) is 5.91 Å². The highest BCUT2D eigenvalue weighted by Crippen LogP contribution is 2.22. The average Bonchev–Trinajstić information content (AvgIpc) is 3.18. The summed E-state index contributed by atoms with van der Waals surface area (Å²) in [4.78, 5) is 28.2. The first kappa shape index (κ1) is 19.1. The highest BCUT2D eigenvalue weighted by molar-refractivity contribution is 5.80. The number of nitrogens with zero attached hydrogens (tertiary/aromatic N) is 3. The van der Waals surface area contributed by atoms with Crippen LogP contribution in [0.5, 0.6) is 0 Å². The van der Waals surface area contributed by atoms with Crippen molar-refractivity contribution < 1.29 is 4.79 Å². The van der Waals surface area contributed by atoms with Crippen LogP contribution in [0.1, 0.15) is 18.9 Å². The van der Waals surface area contributed by atoms with Gasteiger partial charge in [-0.1, -0.05) is 37.3 Å². The minimum absolute atomic E-state index is 0.0477. The van der Waals surface area contributed by atoms with Gasteiger partial charge >= 0.3 is 0 Å². The minimum atomic E-state index is -0.224. The molecule has 3 rings (SSSR count). The molecule has 1 amide bonds. The van der Waals surface area contributed by atoms with Gasteiger partial charge in [0.25, 0.3) is 5.56 Å². The van der Waals surface area contributed by atoms with Gasteiger partial charge in [0, 0.05) is 38.8 Å². The Morgan fingerprint density at radius 3 is 2.93 bits per heavy atom. The molecule has 2 aromatic rings. The normalized spacial score (nSPS) is 16.7. The van der Waals surface area contributed by atoms with Crippen LogP contribution >= 0.6 is 0 Å². The maximum Gasteiger partial charge on any atom is 0.266 e. The van der Waals surface area contributed by atoms with Crippen molar-refractivity contribution in [2.75, 3.05) is 37.6 Å². The van der Waals surface area contributed by atoms with Crippen LogP contribution in [0.25, 0.3) is 0 Å². The molecule has 0 saturated carbocycles. The number of hydrogen-bond donors (Lipinski definition) is 2. The molecule has 1 saturated heterocycles. The van der Waals surface area contributed by atoms with E-state index in [0.717, 1.165) is 38.3 Å². The summed E-state index contributed by atoms with van der Waals surface area (Å²) in [5.74, 6) is 0.0413. The lowest BCUT2D eigenvalue weighted by molar-refractivity contribution is -0.124. The van der Waals surface area contributed by atoms with Crippen molar-refractivity contribution in [2.45, 2.75) is 19.9 Å². The van der Waals surface area contributed by atoms with E-state index < -0.39 is 0 Å². The first-order valence-corrected chi connectivity index (χ1v) is 9.49. The predicted molar refractivity (Wildman–Crippen MR) is 106 cm³/mol. The number of aromatic nitrogens is 2. The zero-order chi connectivity index (χ0) is 19.1. The van der Waals surface area contributed by atoms with E-state index in [2.05, 4.69) is 39.5 Å². The number of anilines is 1. The Morgan fingerprint density at radius 2 is 2.19 bits per heavy atom. The van der Waals surface area contributed by atoms with Crippen molar-refractivity contribution in [3.8, 4) is 0 Å². The van der Waals surface area contributed by atoms with Crippen LogP contribution in [0.3, 0.4) is 0 Å². The van der Waals surface area contributed by atoms with Crippen LogP contribution < -0.4 is 15.8 Å². The van der Waals surface area contributed by atoms with Gasteiger partial charge in [0.15, 0.2) is 0 Å². The second kappa shape index (κ2) is 9.32. The number of hydrogen-bond acceptors (Lipinski definition) is 5. The summed E-state index contributed by atoms with van der Waals surface area (Å²) in [6.45, 7) is 6.82. The lowest BCUT2D eigenvalue weighted by Gasteiger charge is -2.21. The number of carbonyl (C=O) groups excluding carboxylic acids is 1. The number of likely N-dealkylation sites (N-methyl/N-ethyl adjacent to an activating group) is 1. The molecule has 1 aliphatic heterocycles. The molecular formula is C20H27N5O2. The van der Waals surface area contributed by atoms with Crippen LogP contribution in [-0.2, 0) is 11.3 Å². The summed E-state index contributed by atoms with van der Waals surface area (Å²) in [5.41, 5.74) is 1.83. The third-order valence-corrected chi connectivity index (χ3v) is 5.00. The molecule has 1 aromatic carbocycles. The molecule has 27 heavy (non-hydrogen) atoms. The Labute approximate surface area is 159 Å². The van der Waals surface area contributed by atoms with Crippen LogP contribution in [0.2, 0.25) is 0 Å². The van der Waals surface area contributed by atoms with Gasteiger partial charge in [0.1, 0.15) is 0 Å². The Balaban J connectivity index is 1.43. The Kier molecular flexibility index (Phi) is 6.59. The molecule has 7 nitrogen and oxygen atoms in total. The number of aromatic amines is 1. The highest BCUT2D eigenvalue weighted by atomic mass is 16.2. The smallest absolute Gasteiger partial charge is 0.266 e. The molecule has 0 spiro atoms. The topological polar surface area (TPSA) is 81.3 Å². The van der Waals surface area contributed by atoms with E-state index in [-0.39, 0.29) is 17.4 Å². The summed E-state index contributed by atoms with van der Waals surface area (Å²) < 4.78 is 0. The Bertz CT molecular complexity index is 792. The van der Waals surface area contributed by atoms with Crippen LogP contribution in [0.15, 0.2) is 47.4 Å². The second-order valence-corrected chi connectivity index (χ2v) is 6.88. The van der Waals surface area contributed by atoms with Crippen molar-refractivity contribution in [2.24, 2.45) is 5.92 Å². The maximum atomic E-state index is 12.5. The molecule has 144 valence electrons. The molecule has 7 heteroatoms. The van der Waals surface area contributed by atoms with E-state index in [1.807, 2.05) is 23.1 Å². The SMILES string of the molecule is CCN(CCNC(=O)C1CCN(c2cn[nH]c(=O)c2)C1)Cc1ccccc1. The zero-order valence-corrected chi connectivity index (χ0v) is 15.7. The maximum absolute atomic E-state index is 12.5. The van der Waals surface area contributed by atoms with E-state index in [0.29, 0.717) is 13.1 Å². The monoisotopic (exact) mass is 369 g/mol. The fraction of sp³-hybridized carbons (Fsp3) is 0.450. The molecule has 1 fully saturated rings. The molecule has 1 aliphatic rings. The van der Waals surface area contributed by atoms with Crippen molar-refractivity contribution in [3.05, 3.63) is 58.5 Å². The van der Waals surface area contributed by atoms with E-state index in [9.17, 15) is 9.59 Å². The standard InChI is InChI=1S/C20H27N5O2/c1-2-24(14-16-6-4-3-5-7-16)11-9-21-20(27)17-8-10-25(15-17)18-12-19(26)23-22-13-18/h3-7,12-13,17H,2,8-11,14-15H2,1H3,(H,21,27)(H,23,26). The largest absolute Gasteiger partial charge is 0.369 e. The van der Waals surface area contributed by atoms with Crippen LogP contribution in [-0.4, -0.2) is 53.7 Å². The van der Waals surface area contributed by atoms with Crippen LogP contribution in [0, 0.1) is 5.92 Å². The fourth-order valence-corrected chi connectivity index (χ4v) is 3.42. The van der Waals surface area contributed by atoms with Gasteiger partial charge in [-0.3, -0.25) is 14.5 Å². The van der Waals surface area contributed by atoms with Crippen molar-refractivity contribution in [1.29, 1.82) is 0 Å². The molecule has 2 N–H and O–H groups in total. The average molecular weight is 369 g/mol. The number of carbonyl (C=O) groups is 1. The van der Waals surface area contributed by atoms with Crippen LogP contribution in [0.4, 0.5) is 5.69 Å². The van der Waals surface area contributed by atoms with Gasteiger partial charge < -0.3 is 10.2 Å². The highest BCUT2D eigenvalue weighted by Gasteiger charge is 2.28. The Morgan fingerprint density at radius 1 is 1.37 bits per heavy atom. The van der Waals surface area contributed by atoms with Gasteiger partial charge in [-0.05, 0) is 18.5 Å². The first-order chi connectivity index (χ1) is 13.2. The van der Waals surface area contributed by atoms with Gasteiger partial charge in [-0.2, -0.15) is 5.10 Å². The first-order valence-electron chi connectivity index (χ1n) is 9.49. The minimum Gasteiger partial charge on any atom is -0.369 e.